The zero-order chi connectivity index (χ0) is 15.5. The summed E-state index contributed by atoms with van der Waals surface area (Å²) in [5.41, 5.74) is 2.69. The average molecular weight is 303 g/mol. The molecule has 1 aromatic rings. The van der Waals surface area contributed by atoms with Gasteiger partial charge in [0.1, 0.15) is 5.82 Å². The van der Waals surface area contributed by atoms with Crippen molar-refractivity contribution in [2.75, 3.05) is 37.7 Å². The van der Waals surface area contributed by atoms with E-state index in [0.29, 0.717) is 12.1 Å². The zero-order valence-corrected chi connectivity index (χ0v) is 14.2. The van der Waals surface area contributed by atoms with Crippen LogP contribution < -0.4 is 4.90 Å². The van der Waals surface area contributed by atoms with E-state index >= 15 is 0 Å². The Hall–Kier alpha value is -1.13. The van der Waals surface area contributed by atoms with Crippen LogP contribution in [0.2, 0.25) is 0 Å². The summed E-state index contributed by atoms with van der Waals surface area (Å²) in [6.45, 7) is 11.6. The number of likely N-dealkylation sites (tertiary alicyclic amines) is 1. The Morgan fingerprint density at radius 1 is 1.18 bits per heavy atom. The van der Waals surface area contributed by atoms with E-state index in [0.717, 1.165) is 32.1 Å². The number of aromatic nitrogens is 1. The Morgan fingerprint density at radius 2 is 1.95 bits per heavy atom. The first-order chi connectivity index (χ1) is 10.7. The van der Waals surface area contributed by atoms with Crippen molar-refractivity contribution in [1.82, 2.24) is 9.88 Å². The van der Waals surface area contributed by atoms with Crippen molar-refractivity contribution < 1.29 is 4.74 Å². The Bertz CT molecular complexity index is 497. The first-order valence-electron chi connectivity index (χ1n) is 8.72. The second-order valence-corrected chi connectivity index (χ2v) is 6.85. The van der Waals surface area contributed by atoms with Gasteiger partial charge in [0.15, 0.2) is 0 Å². The molecule has 0 bridgehead atoms. The number of aryl methyl sites for hydroxylation is 1. The number of morpholine rings is 1. The Morgan fingerprint density at radius 3 is 2.64 bits per heavy atom. The summed E-state index contributed by atoms with van der Waals surface area (Å²) < 4.78 is 5.44. The van der Waals surface area contributed by atoms with Crippen molar-refractivity contribution in [3.63, 3.8) is 0 Å². The minimum Gasteiger partial charge on any atom is -0.378 e. The summed E-state index contributed by atoms with van der Waals surface area (Å²) in [5, 5.41) is 0. The maximum atomic E-state index is 5.44. The molecule has 1 atom stereocenters. The lowest BCUT2D eigenvalue weighted by atomic mass is 9.94. The summed E-state index contributed by atoms with van der Waals surface area (Å²) in [7, 11) is 0. The lowest BCUT2D eigenvalue weighted by Crippen LogP contribution is -2.39. The topological polar surface area (TPSA) is 28.6 Å². The minimum absolute atomic E-state index is 0.540. The fraction of sp³-hybridized carbons (Fsp3) is 0.722. The first kappa shape index (κ1) is 15.8. The quantitative estimate of drug-likeness (QED) is 0.857. The van der Waals surface area contributed by atoms with Gasteiger partial charge in [0.25, 0.3) is 0 Å². The summed E-state index contributed by atoms with van der Waals surface area (Å²) in [5.74, 6) is 1.14. The number of hydrogen-bond donors (Lipinski definition) is 0. The Balaban J connectivity index is 1.81. The largest absolute Gasteiger partial charge is 0.378 e. The van der Waals surface area contributed by atoms with Gasteiger partial charge in [-0.3, -0.25) is 4.90 Å². The van der Waals surface area contributed by atoms with Gasteiger partial charge < -0.3 is 9.64 Å². The maximum Gasteiger partial charge on any atom is 0.131 e. The lowest BCUT2D eigenvalue weighted by molar-refractivity contribution is 0.111. The van der Waals surface area contributed by atoms with E-state index in [1.54, 1.807) is 0 Å². The van der Waals surface area contributed by atoms with Gasteiger partial charge in [0.2, 0.25) is 0 Å². The highest BCUT2D eigenvalue weighted by molar-refractivity contribution is 5.48. The molecule has 0 amide bonds. The van der Waals surface area contributed by atoms with Crippen LogP contribution >= 0.6 is 0 Å². The Labute approximate surface area is 134 Å². The molecule has 22 heavy (non-hydrogen) atoms. The van der Waals surface area contributed by atoms with Crippen LogP contribution in [0.5, 0.6) is 0 Å². The third-order valence-corrected chi connectivity index (χ3v) is 4.97. The van der Waals surface area contributed by atoms with Crippen LogP contribution in [0.15, 0.2) is 12.3 Å². The number of hydrogen-bond acceptors (Lipinski definition) is 4. The molecular weight excluding hydrogens is 274 g/mol. The molecule has 122 valence electrons. The molecule has 3 rings (SSSR count). The van der Waals surface area contributed by atoms with Gasteiger partial charge in [-0.1, -0.05) is 6.42 Å². The molecule has 2 aliphatic heterocycles. The standard InChI is InChI=1S/C18H29N3O/c1-14(2)21-7-5-4-6-17(21)16-12-15(3)18(19-13-16)20-8-10-22-11-9-20/h12-14,17H,4-11H2,1-3H3/t17-/m1/s1. The van der Waals surface area contributed by atoms with Gasteiger partial charge in [-0.2, -0.15) is 0 Å². The van der Waals surface area contributed by atoms with Crippen LogP contribution in [0.3, 0.4) is 0 Å². The number of pyridine rings is 1. The van der Waals surface area contributed by atoms with Crippen LogP contribution in [-0.4, -0.2) is 48.8 Å². The number of anilines is 1. The number of rotatable bonds is 3. The van der Waals surface area contributed by atoms with Crippen LogP contribution in [0.4, 0.5) is 5.82 Å². The van der Waals surface area contributed by atoms with Gasteiger partial charge in [0, 0.05) is 31.4 Å². The molecule has 0 saturated carbocycles. The molecular formula is C18H29N3O. The van der Waals surface area contributed by atoms with Gasteiger partial charge >= 0.3 is 0 Å². The second kappa shape index (κ2) is 6.97. The van der Waals surface area contributed by atoms with Crippen molar-refractivity contribution in [3.8, 4) is 0 Å². The van der Waals surface area contributed by atoms with Crippen LogP contribution in [0.1, 0.15) is 50.3 Å². The first-order valence-corrected chi connectivity index (χ1v) is 8.72. The zero-order valence-electron chi connectivity index (χ0n) is 14.2. The molecule has 0 radical (unpaired) electrons. The predicted molar refractivity (Wildman–Crippen MR) is 90.4 cm³/mol. The molecule has 4 heteroatoms. The smallest absolute Gasteiger partial charge is 0.131 e. The van der Waals surface area contributed by atoms with Crippen molar-refractivity contribution in [2.24, 2.45) is 0 Å². The minimum atomic E-state index is 0.540. The Kier molecular flexibility index (Phi) is 4.99. The van der Waals surface area contributed by atoms with Gasteiger partial charge in [0.05, 0.1) is 13.2 Å². The summed E-state index contributed by atoms with van der Waals surface area (Å²) >= 11 is 0. The fourth-order valence-corrected chi connectivity index (χ4v) is 3.81. The molecule has 1 aromatic heterocycles. The highest BCUT2D eigenvalue weighted by Gasteiger charge is 2.26. The van der Waals surface area contributed by atoms with Crippen LogP contribution in [0, 0.1) is 6.92 Å². The third-order valence-electron chi connectivity index (χ3n) is 4.97. The van der Waals surface area contributed by atoms with Crippen LogP contribution in [0.25, 0.3) is 0 Å². The van der Waals surface area contributed by atoms with Crippen molar-refractivity contribution >= 4 is 5.82 Å². The molecule has 0 aliphatic carbocycles. The average Bonchev–Trinajstić information content (AvgIpc) is 2.55. The highest BCUT2D eigenvalue weighted by atomic mass is 16.5. The SMILES string of the molecule is Cc1cc([C@H]2CCCCN2C(C)C)cnc1N1CCOCC1. The summed E-state index contributed by atoms with van der Waals surface area (Å²) in [6.07, 6.45) is 6.03. The second-order valence-electron chi connectivity index (χ2n) is 6.85. The van der Waals surface area contributed by atoms with E-state index in [1.165, 1.54) is 36.9 Å². The van der Waals surface area contributed by atoms with Gasteiger partial charge in [-0.05, 0) is 57.4 Å². The molecule has 0 N–H and O–H groups in total. The third kappa shape index (κ3) is 3.28. The molecule has 0 aromatic carbocycles. The molecule has 2 aliphatic rings. The molecule has 2 fully saturated rings. The predicted octanol–water partition coefficient (Wildman–Crippen LogP) is 3.16. The molecule has 0 spiro atoms. The molecule has 0 unspecified atom stereocenters. The maximum absolute atomic E-state index is 5.44. The van der Waals surface area contributed by atoms with E-state index in [1.807, 2.05) is 0 Å². The van der Waals surface area contributed by atoms with E-state index in [-0.39, 0.29) is 0 Å². The summed E-state index contributed by atoms with van der Waals surface area (Å²) in [4.78, 5) is 9.80. The highest BCUT2D eigenvalue weighted by Crippen LogP contribution is 2.33. The number of piperidine rings is 1. The molecule has 2 saturated heterocycles. The van der Waals surface area contributed by atoms with E-state index < -0.39 is 0 Å². The molecule has 3 heterocycles. The molecule has 4 nitrogen and oxygen atoms in total. The van der Waals surface area contributed by atoms with E-state index in [9.17, 15) is 0 Å². The van der Waals surface area contributed by atoms with Crippen molar-refractivity contribution in [3.05, 3.63) is 23.4 Å². The monoisotopic (exact) mass is 303 g/mol. The van der Waals surface area contributed by atoms with E-state index in [2.05, 4.69) is 42.8 Å². The van der Waals surface area contributed by atoms with Gasteiger partial charge in [-0.15, -0.1) is 0 Å². The number of ether oxygens (including phenoxy) is 1. The van der Waals surface area contributed by atoms with E-state index in [4.69, 9.17) is 9.72 Å². The van der Waals surface area contributed by atoms with Crippen molar-refractivity contribution in [1.29, 1.82) is 0 Å². The van der Waals surface area contributed by atoms with Crippen molar-refractivity contribution in [2.45, 2.75) is 52.1 Å². The number of nitrogens with zero attached hydrogens (tertiary/aromatic N) is 3. The normalized spacial score (nSPS) is 24.0. The fourth-order valence-electron chi connectivity index (χ4n) is 3.81. The lowest BCUT2D eigenvalue weighted by Gasteiger charge is -2.39. The van der Waals surface area contributed by atoms with Crippen LogP contribution in [-0.2, 0) is 4.74 Å². The van der Waals surface area contributed by atoms with Gasteiger partial charge in [-0.25, -0.2) is 4.98 Å². The summed E-state index contributed by atoms with van der Waals surface area (Å²) in [6, 6.07) is 3.51.